The predicted octanol–water partition coefficient (Wildman–Crippen LogP) is 2.40. The van der Waals surface area contributed by atoms with Gasteiger partial charge in [0.1, 0.15) is 0 Å². The summed E-state index contributed by atoms with van der Waals surface area (Å²) in [6.45, 7) is 1.88. The van der Waals surface area contributed by atoms with Gasteiger partial charge in [-0.25, -0.2) is 0 Å². The molecular weight excluding hydrogens is 504 g/mol. The van der Waals surface area contributed by atoms with Crippen LogP contribution in [0.4, 0.5) is 0 Å². The Morgan fingerprint density at radius 2 is 1.25 bits per heavy atom. The maximum atomic E-state index is 11.4. The first-order chi connectivity index (χ1) is 16.7. The van der Waals surface area contributed by atoms with E-state index in [1.807, 2.05) is 6.92 Å². The molecule has 0 amide bonds. The number of carboxylic acids is 2. The van der Waals surface area contributed by atoms with Crippen LogP contribution in [0.5, 0.6) is 23.0 Å². The smallest absolute Gasteiger partial charge is 0.394 e. The van der Waals surface area contributed by atoms with E-state index in [1.54, 1.807) is 24.3 Å². The van der Waals surface area contributed by atoms with Gasteiger partial charge in [-0.15, -0.1) is 0 Å². The summed E-state index contributed by atoms with van der Waals surface area (Å²) < 4.78 is 46.6. The first-order valence-corrected chi connectivity index (χ1v) is 11.5. The van der Waals surface area contributed by atoms with Crippen molar-refractivity contribution in [3.63, 3.8) is 0 Å². The minimum Gasteiger partial charge on any atom is -0.504 e. The molecule has 0 heterocycles. The van der Waals surface area contributed by atoms with Crippen molar-refractivity contribution in [2.45, 2.75) is 32.6 Å². The number of esters is 1. The maximum absolute atomic E-state index is 11.4. The van der Waals surface area contributed by atoms with E-state index in [1.165, 1.54) is 26.4 Å². The van der Waals surface area contributed by atoms with E-state index >= 15 is 0 Å². The zero-order valence-corrected chi connectivity index (χ0v) is 20.5. The summed E-state index contributed by atoms with van der Waals surface area (Å²) in [5.41, 5.74) is 1.19. The van der Waals surface area contributed by atoms with Crippen LogP contribution in [0.15, 0.2) is 36.4 Å². The van der Waals surface area contributed by atoms with Gasteiger partial charge in [0.25, 0.3) is 0 Å². The standard InChI is InChI=1S/C13H16O5.C9H10O4.H2O4S/c1-3-4-13(16)18-10-6-5-9(8-12(14)15)7-11(10)17-2;1-13-8-4-6(5-9(11)12)2-3-7(8)10;1-5(2,3)4/h5-7H,3-4,8H2,1-2H3,(H,14,15);2-4,10H,5H2,1H3,(H,11,12);(H2,1,2,3,4). The summed E-state index contributed by atoms with van der Waals surface area (Å²) >= 11 is 0. The van der Waals surface area contributed by atoms with Crippen molar-refractivity contribution < 1.29 is 61.4 Å². The normalized spacial score (nSPS) is 10.0. The van der Waals surface area contributed by atoms with E-state index in [9.17, 15) is 19.5 Å². The minimum atomic E-state index is -4.67. The molecule has 0 unspecified atom stereocenters. The van der Waals surface area contributed by atoms with Crippen LogP contribution in [-0.2, 0) is 37.6 Å². The average molecular weight is 533 g/mol. The largest absolute Gasteiger partial charge is 0.504 e. The van der Waals surface area contributed by atoms with Crippen molar-refractivity contribution in [1.82, 2.24) is 0 Å². The number of aromatic hydroxyl groups is 1. The summed E-state index contributed by atoms with van der Waals surface area (Å²) in [6, 6.07) is 9.17. The summed E-state index contributed by atoms with van der Waals surface area (Å²) in [4.78, 5) is 32.3. The van der Waals surface area contributed by atoms with Gasteiger partial charge >= 0.3 is 28.3 Å². The highest BCUT2D eigenvalue weighted by Gasteiger charge is 2.11. The Balaban J connectivity index is 0.000000593. The van der Waals surface area contributed by atoms with Crippen molar-refractivity contribution in [3.8, 4) is 23.0 Å². The molecule has 5 N–H and O–H groups in total. The zero-order valence-electron chi connectivity index (χ0n) is 19.7. The van der Waals surface area contributed by atoms with Crippen LogP contribution in [-0.4, -0.2) is 65.0 Å². The van der Waals surface area contributed by atoms with Gasteiger partial charge in [-0.1, -0.05) is 19.1 Å². The molecule has 2 aromatic rings. The summed E-state index contributed by atoms with van der Waals surface area (Å²) in [7, 11) is -1.81. The number of phenolic OH excluding ortho intramolecular Hbond substituents is 1. The van der Waals surface area contributed by atoms with Crippen LogP contribution in [0, 0.1) is 0 Å². The number of aliphatic carboxylic acids is 2. The van der Waals surface area contributed by atoms with Gasteiger partial charge in [-0.3, -0.25) is 23.5 Å². The third kappa shape index (κ3) is 15.1. The quantitative estimate of drug-likeness (QED) is 0.178. The molecule has 0 fully saturated rings. The Kier molecular flexibility index (Phi) is 14.2. The SMILES string of the molecule is CCCC(=O)Oc1ccc(CC(=O)O)cc1OC.COc1cc(CC(=O)O)ccc1O.O=S(=O)(O)O. The van der Waals surface area contributed by atoms with Crippen LogP contribution < -0.4 is 14.2 Å². The Labute approximate surface area is 207 Å². The molecule has 0 saturated heterocycles. The zero-order chi connectivity index (χ0) is 27.9. The first kappa shape index (κ1) is 32.1. The van der Waals surface area contributed by atoms with E-state index in [2.05, 4.69) is 0 Å². The third-order valence-electron chi connectivity index (χ3n) is 3.86. The Bertz CT molecular complexity index is 1120. The first-order valence-electron chi connectivity index (χ1n) is 10.1. The molecule has 0 aromatic heterocycles. The number of phenols is 1. The molecule has 0 spiro atoms. The number of methoxy groups -OCH3 is 2. The van der Waals surface area contributed by atoms with Crippen molar-refractivity contribution in [3.05, 3.63) is 47.5 Å². The summed E-state index contributed by atoms with van der Waals surface area (Å²) in [6.07, 6.45) is 0.870. The lowest BCUT2D eigenvalue weighted by molar-refractivity contribution is -0.137. The van der Waals surface area contributed by atoms with Gasteiger partial charge in [0.05, 0.1) is 27.1 Å². The van der Waals surface area contributed by atoms with Crippen LogP contribution in [0.1, 0.15) is 30.9 Å². The van der Waals surface area contributed by atoms with Gasteiger partial charge in [-0.2, -0.15) is 8.42 Å². The fourth-order valence-corrected chi connectivity index (χ4v) is 2.47. The molecule has 36 heavy (non-hydrogen) atoms. The second-order valence-corrected chi connectivity index (χ2v) is 7.70. The van der Waals surface area contributed by atoms with E-state index in [0.717, 1.165) is 0 Å². The number of rotatable bonds is 9. The van der Waals surface area contributed by atoms with Crippen molar-refractivity contribution in [1.29, 1.82) is 0 Å². The highest BCUT2D eigenvalue weighted by molar-refractivity contribution is 7.79. The van der Waals surface area contributed by atoms with Gasteiger partial charge in [-0.05, 0) is 41.8 Å². The monoisotopic (exact) mass is 532 g/mol. The van der Waals surface area contributed by atoms with Crippen molar-refractivity contribution in [2.75, 3.05) is 14.2 Å². The maximum Gasteiger partial charge on any atom is 0.394 e. The molecule has 0 bridgehead atoms. The fraction of sp³-hybridized carbons (Fsp3) is 0.318. The molecule has 2 aromatic carbocycles. The van der Waals surface area contributed by atoms with Crippen LogP contribution in [0.2, 0.25) is 0 Å². The van der Waals surface area contributed by atoms with Crippen molar-refractivity contribution >= 4 is 28.3 Å². The molecule has 0 aliphatic carbocycles. The van der Waals surface area contributed by atoms with E-state index in [-0.39, 0.29) is 24.6 Å². The lowest BCUT2D eigenvalue weighted by Gasteiger charge is -2.10. The van der Waals surface area contributed by atoms with Gasteiger partial charge < -0.3 is 29.5 Å². The molecule has 14 heteroatoms. The number of hydrogen-bond donors (Lipinski definition) is 5. The average Bonchev–Trinajstić information content (AvgIpc) is 2.75. The van der Waals surface area contributed by atoms with Gasteiger partial charge in [0.2, 0.25) is 0 Å². The molecule has 200 valence electrons. The molecule has 13 nitrogen and oxygen atoms in total. The van der Waals surface area contributed by atoms with Crippen LogP contribution in [0.25, 0.3) is 0 Å². The predicted molar refractivity (Wildman–Crippen MR) is 125 cm³/mol. The summed E-state index contributed by atoms with van der Waals surface area (Å²) in [5, 5.41) is 26.4. The molecule has 0 saturated carbocycles. The van der Waals surface area contributed by atoms with E-state index < -0.39 is 22.3 Å². The fourth-order valence-electron chi connectivity index (χ4n) is 2.47. The second-order valence-electron chi connectivity index (χ2n) is 6.80. The lowest BCUT2D eigenvalue weighted by Crippen LogP contribution is -2.08. The van der Waals surface area contributed by atoms with Crippen LogP contribution in [0.3, 0.4) is 0 Å². The van der Waals surface area contributed by atoms with E-state index in [4.69, 9.17) is 41.9 Å². The van der Waals surface area contributed by atoms with Gasteiger partial charge in [0, 0.05) is 6.42 Å². The summed E-state index contributed by atoms with van der Waals surface area (Å²) in [5.74, 6) is -1.19. The number of carbonyl (C=O) groups is 3. The molecule has 0 radical (unpaired) electrons. The van der Waals surface area contributed by atoms with E-state index in [0.29, 0.717) is 41.2 Å². The number of benzene rings is 2. The molecule has 2 rings (SSSR count). The number of hydrogen-bond acceptors (Lipinski definition) is 9. The molecule has 0 aliphatic rings. The number of carboxylic acid groups (broad SMARTS) is 2. The highest BCUT2D eigenvalue weighted by atomic mass is 32.3. The third-order valence-corrected chi connectivity index (χ3v) is 3.86. The second kappa shape index (κ2) is 15.9. The van der Waals surface area contributed by atoms with Gasteiger partial charge in [0.15, 0.2) is 23.0 Å². The van der Waals surface area contributed by atoms with Crippen LogP contribution >= 0.6 is 0 Å². The molecule has 0 atom stereocenters. The highest BCUT2D eigenvalue weighted by Crippen LogP contribution is 2.29. The Morgan fingerprint density at radius 1 is 0.806 bits per heavy atom. The number of carbonyl (C=O) groups excluding carboxylic acids is 1. The molecular formula is C22H28O13S. The Hall–Kier alpha value is -3.88. The lowest BCUT2D eigenvalue weighted by atomic mass is 10.1. The van der Waals surface area contributed by atoms with Crippen molar-refractivity contribution in [2.24, 2.45) is 0 Å². The molecule has 0 aliphatic heterocycles. The topological polar surface area (TPSA) is 214 Å². The number of ether oxygens (including phenoxy) is 3. The Morgan fingerprint density at radius 3 is 1.67 bits per heavy atom. The minimum absolute atomic E-state index is 0.0108.